The van der Waals surface area contributed by atoms with Crippen LogP contribution in [0.4, 0.5) is 4.39 Å². The van der Waals surface area contributed by atoms with Gasteiger partial charge < -0.3 is 19.1 Å². The standard InChI is InChI=1S/C24H29FN2O3.2ClH/c25-22-6-8-23(9-7-22)29-15-14-26-10-12-27(13-11-26)17-21(24-18-28-19-30-24)16-20-4-2-1-3-5-20;;/h1-9,18,21H,10-17,19H2;2*1H. The van der Waals surface area contributed by atoms with Gasteiger partial charge in [-0.05, 0) is 36.2 Å². The highest BCUT2D eigenvalue weighted by atomic mass is 35.5. The molecule has 0 aromatic heterocycles. The topological polar surface area (TPSA) is 34.2 Å². The number of rotatable bonds is 9. The lowest BCUT2D eigenvalue weighted by Crippen LogP contribution is -2.49. The van der Waals surface area contributed by atoms with Crippen molar-refractivity contribution in [3.63, 3.8) is 0 Å². The van der Waals surface area contributed by atoms with E-state index in [0.29, 0.717) is 25.1 Å². The van der Waals surface area contributed by atoms with Gasteiger partial charge in [0.1, 0.15) is 30.2 Å². The first-order chi connectivity index (χ1) is 14.8. The maximum atomic E-state index is 13.0. The quantitative estimate of drug-likeness (QED) is 0.527. The van der Waals surface area contributed by atoms with Crippen molar-refractivity contribution in [2.24, 2.45) is 5.92 Å². The van der Waals surface area contributed by atoms with Crippen molar-refractivity contribution in [3.05, 3.63) is 78.0 Å². The normalized spacial score (nSPS) is 17.2. The first kappa shape index (κ1) is 26.3. The van der Waals surface area contributed by atoms with Crippen LogP contribution in [0.15, 0.2) is 66.6 Å². The van der Waals surface area contributed by atoms with Gasteiger partial charge in [0, 0.05) is 45.2 Å². The highest BCUT2D eigenvalue weighted by Crippen LogP contribution is 2.23. The molecule has 1 saturated heterocycles. The first-order valence-electron chi connectivity index (χ1n) is 10.6. The number of nitrogens with zero attached hydrogens (tertiary/aromatic N) is 2. The third kappa shape index (κ3) is 7.85. The molecule has 1 fully saturated rings. The number of halogens is 3. The Bertz CT molecular complexity index is 816. The van der Waals surface area contributed by atoms with Crippen molar-refractivity contribution < 1.29 is 18.6 Å². The summed E-state index contributed by atoms with van der Waals surface area (Å²) in [6, 6.07) is 16.7. The van der Waals surface area contributed by atoms with E-state index in [-0.39, 0.29) is 30.6 Å². The smallest absolute Gasteiger partial charge is 0.229 e. The minimum absolute atomic E-state index is 0. The van der Waals surface area contributed by atoms with Crippen LogP contribution in [0.2, 0.25) is 0 Å². The Balaban J connectivity index is 0.00000181. The predicted molar refractivity (Wildman–Crippen MR) is 128 cm³/mol. The van der Waals surface area contributed by atoms with E-state index < -0.39 is 0 Å². The van der Waals surface area contributed by atoms with Gasteiger partial charge in [0.2, 0.25) is 6.79 Å². The average Bonchev–Trinajstić information content (AvgIpc) is 3.32. The van der Waals surface area contributed by atoms with Crippen LogP contribution in [0.3, 0.4) is 0 Å². The summed E-state index contributed by atoms with van der Waals surface area (Å²) in [4.78, 5) is 4.92. The lowest BCUT2D eigenvalue weighted by atomic mass is 9.96. The summed E-state index contributed by atoms with van der Waals surface area (Å²) in [5.41, 5.74) is 1.32. The summed E-state index contributed by atoms with van der Waals surface area (Å²) in [5, 5.41) is 0. The fraction of sp³-hybridized carbons (Fsp3) is 0.417. The SMILES string of the molecule is Cl.Cl.Fc1ccc(OCCN2CCN(CC(Cc3ccccc3)C3=COCO3)CC2)cc1. The molecule has 1 atom stereocenters. The molecule has 176 valence electrons. The van der Waals surface area contributed by atoms with Gasteiger partial charge in [0.15, 0.2) is 0 Å². The molecule has 0 N–H and O–H groups in total. The van der Waals surface area contributed by atoms with Gasteiger partial charge in [0.25, 0.3) is 0 Å². The van der Waals surface area contributed by atoms with Crippen molar-refractivity contribution >= 4 is 24.8 Å². The Morgan fingerprint density at radius 3 is 2.25 bits per heavy atom. The van der Waals surface area contributed by atoms with E-state index in [1.54, 1.807) is 18.4 Å². The molecule has 2 heterocycles. The summed E-state index contributed by atoms with van der Waals surface area (Å²) >= 11 is 0. The molecule has 0 amide bonds. The molecule has 1 unspecified atom stereocenters. The van der Waals surface area contributed by atoms with E-state index in [2.05, 4.69) is 34.1 Å². The van der Waals surface area contributed by atoms with Crippen molar-refractivity contribution in [1.29, 1.82) is 0 Å². The molecular formula is C24H31Cl2FN2O3. The minimum Gasteiger partial charge on any atom is -0.492 e. The van der Waals surface area contributed by atoms with Crippen LogP contribution in [0, 0.1) is 11.7 Å². The Kier molecular flexibility index (Phi) is 11.1. The van der Waals surface area contributed by atoms with Crippen LogP contribution in [-0.4, -0.2) is 62.5 Å². The molecule has 0 aliphatic carbocycles. The first-order valence-corrected chi connectivity index (χ1v) is 10.6. The summed E-state index contributed by atoms with van der Waals surface area (Å²) in [6.45, 7) is 6.85. The molecular weight excluding hydrogens is 454 g/mol. The molecule has 8 heteroatoms. The zero-order valence-corrected chi connectivity index (χ0v) is 19.7. The van der Waals surface area contributed by atoms with E-state index in [9.17, 15) is 4.39 Å². The van der Waals surface area contributed by atoms with Crippen LogP contribution >= 0.6 is 24.8 Å². The van der Waals surface area contributed by atoms with E-state index in [1.807, 2.05) is 6.07 Å². The van der Waals surface area contributed by atoms with Crippen LogP contribution < -0.4 is 4.74 Å². The van der Waals surface area contributed by atoms with Gasteiger partial charge in [-0.25, -0.2) is 4.39 Å². The maximum absolute atomic E-state index is 13.0. The predicted octanol–water partition coefficient (Wildman–Crippen LogP) is 4.37. The van der Waals surface area contributed by atoms with Gasteiger partial charge in [-0.1, -0.05) is 30.3 Å². The van der Waals surface area contributed by atoms with Crippen molar-refractivity contribution in [3.8, 4) is 5.75 Å². The second kappa shape index (κ2) is 13.5. The van der Waals surface area contributed by atoms with Gasteiger partial charge in [-0.2, -0.15) is 0 Å². The Morgan fingerprint density at radius 2 is 1.59 bits per heavy atom. The summed E-state index contributed by atoms with van der Waals surface area (Å²) < 4.78 is 29.7. The van der Waals surface area contributed by atoms with Crippen LogP contribution in [0.25, 0.3) is 0 Å². The zero-order valence-electron chi connectivity index (χ0n) is 18.0. The number of hydrogen-bond acceptors (Lipinski definition) is 5. The lowest BCUT2D eigenvalue weighted by Gasteiger charge is -2.36. The molecule has 0 spiro atoms. The minimum atomic E-state index is -0.241. The molecule has 4 rings (SSSR count). The summed E-state index contributed by atoms with van der Waals surface area (Å²) in [5.74, 6) is 1.72. The Hall–Kier alpha value is -1.99. The molecule has 2 aliphatic rings. The molecule has 2 aromatic carbocycles. The number of ether oxygens (including phenoxy) is 3. The fourth-order valence-corrected chi connectivity index (χ4v) is 3.95. The van der Waals surface area contributed by atoms with Gasteiger partial charge >= 0.3 is 0 Å². The van der Waals surface area contributed by atoms with Crippen molar-refractivity contribution in [2.75, 3.05) is 52.7 Å². The molecule has 32 heavy (non-hydrogen) atoms. The fourth-order valence-electron chi connectivity index (χ4n) is 3.95. The number of piperazine rings is 1. The van der Waals surface area contributed by atoms with E-state index in [0.717, 1.165) is 51.4 Å². The number of hydrogen-bond donors (Lipinski definition) is 0. The maximum Gasteiger partial charge on any atom is 0.229 e. The lowest BCUT2D eigenvalue weighted by molar-refractivity contribution is 0.0601. The summed E-state index contributed by atoms with van der Waals surface area (Å²) in [6.07, 6.45) is 2.72. The Morgan fingerprint density at radius 1 is 0.906 bits per heavy atom. The second-order valence-corrected chi connectivity index (χ2v) is 7.78. The van der Waals surface area contributed by atoms with Crippen LogP contribution in [-0.2, 0) is 15.9 Å². The summed E-state index contributed by atoms with van der Waals surface area (Å²) in [7, 11) is 0. The van der Waals surface area contributed by atoms with Crippen molar-refractivity contribution in [1.82, 2.24) is 9.80 Å². The highest BCUT2D eigenvalue weighted by Gasteiger charge is 2.25. The van der Waals surface area contributed by atoms with Crippen LogP contribution in [0.1, 0.15) is 5.56 Å². The van der Waals surface area contributed by atoms with Gasteiger partial charge in [-0.3, -0.25) is 4.90 Å². The molecule has 2 aliphatic heterocycles. The van der Waals surface area contributed by atoms with Gasteiger partial charge in [0.05, 0.1) is 0 Å². The molecule has 5 nitrogen and oxygen atoms in total. The van der Waals surface area contributed by atoms with E-state index in [4.69, 9.17) is 14.2 Å². The highest BCUT2D eigenvalue weighted by molar-refractivity contribution is 5.85. The van der Waals surface area contributed by atoms with Gasteiger partial charge in [-0.15, -0.1) is 24.8 Å². The van der Waals surface area contributed by atoms with E-state index in [1.165, 1.54) is 17.7 Å². The Labute approximate surface area is 201 Å². The van der Waals surface area contributed by atoms with Crippen LogP contribution in [0.5, 0.6) is 5.75 Å². The molecule has 0 bridgehead atoms. The van der Waals surface area contributed by atoms with E-state index >= 15 is 0 Å². The monoisotopic (exact) mass is 484 g/mol. The van der Waals surface area contributed by atoms with Crippen molar-refractivity contribution in [2.45, 2.75) is 6.42 Å². The molecule has 0 saturated carbocycles. The number of benzene rings is 2. The third-order valence-corrected chi connectivity index (χ3v) is 5.65. The largest absolute Gasteiger partial charge is 0.492 e. The zero-order chi connectivity index (χ0) is 20.6. The molecule has 2 aromatic rings. The third-order valence-electron chi connectivity index (χ3n) is 5.65. The average molecular weight is 485 g/mol. The molecule has 0 radical (unpaired) electrons. The second-order valence-electron chi connectivity index (χ2n) is 7.78.